The molecule has 0 radical (unpaired) electrons. The van der Waals surface area contributed by atoms with E-state index < -0.39 is 0 Å². The fourth-order valence-electron chi connectivity index (χ4n) is 4.80. The van der Waals surface area contributed by atoms with Gasteiger partial charge in [0.05, 0.1) is 42.1 Å². The number of benzene rings is 2. The monoisotopic (exact) mass is 445 g/mol. The van der Waals surface area contributed by atoms with E-state index in [1.54, 1.807) is 0 Å². The minimum Gasteiger partial charge on any atom is -0.483 e. The molecule has 3 atom stereocenters. The van der Waals surface area contributed by atoms with Crippen LogP contribution in [0.2, 0.25) is 0 Å². The topological polar surface area (TPSA) is 111 Å². The number of nitrogens with zero attached hydrogens (tertiary/aromatic N) is 4. The largest absolute Gasteiger partial charge is 0.483 e. The third-order valence-electron chi connectivity index (χ3n) is 6.50. The molecular formula is C25H27N5O3. The second-order valence-corrected chi connectivity index (χ2v) is 8.46. The number of nitrogens with one attached hydrogen (secondary N) is 1. The van der Waals surface area contributed by atoms with Crippen molar-refractivity contribution in [3.8, 4) is 6.07 Å². The van der Waals surface area contributed by atoms with E-state index in [9.17, 15) is 5.26 Å². The van der Waals surface area contributed by atoms with E-state index in [-0.39, 0.29) is 12.5 Å². The summed E-state index contributed by atoms with van der Waals surface area (Å²) in [6.45, 7) is 7.60. The Balaban J connectivity index is 0.000000821. The second kappa shape index (κ2) is 9.43. The van der Waals surface area contributed by atoms with Gasteiger partial charge in [-0.1, -0.05) is 18.2 Å². The number of hydrogen-bond donors (Lipinski definition) is 2. The molecule has 1 aromatic heterocycles. The zero-order valence-corrected chi connectivity index (χ0v) is 18.9. The summed E-state index contributed by atoms with van der Waals surface area (Å²) in [7, 11) is 0. The molecule has 0 amide bonds. The Morgan fingerprint density at radius 2 is 2.06 bits per heavy atom. The van der Waals surface area contributed by atoms with Crippen LogP contribution >= 0.6 is 0 Å². The fraction of sp³-hybridized carbons (Fsp3) is 0.360. The summed E-state index contributed by atoms with van der Waals surface area (Å²) in [6.07, 6.45) is 1.47. The average molecular weight is 446 g/mol. The van der Waals surface area contributed by atoms with Crippen LogP contribution in [-0.2, 0) is 9.53 Å². The Kier molecular flexibility index (Phi) is 6.43. The molecule has 5 rings (SSSR count). The molecule has 3 heterocycles. The lowest BCUT2D eigenvalue weighted by atomic mass is 9.98. The van der Waals surface area contributed by atoms with E-state index in [4.69, 9.17) is 14.6 Å². The molecule has 2 aliphatic rings. The summed E-state index contributed by atoms with van der Waals surface area (Å²) >= 11 is 0. The minimum atomic E-state index is -0.250. The first-order chi connectivity index (χ1) is 16.0. The van der Waals surface area contributed by atoms with Gasteiger partial charge in [0.25, 0.3) is 6.47 Å². The Morgan fingerprint density at radius 3 is 2.73 bits per heavy atom. The number of aromatic nitrogens is 2. The highest BCUT2D eigenvalue weighted by Gasteiger charge is 2.39. The Labute approximate surface area is 192 Å². The predicted molar refractivity (Wildman–Crippen MR) is 126 cm³/mol. The van der Waals surface area contributed by atoms with Crippen molar-refractivity contribution in [1.82, 2.24) is 10.2 Å². The van der Waals surface area contributed by atoms with E-state index in [0.29, 0.717) is 17.7 Å². The number of hydrogen-bond acceptors (Lipinski definition) is 7. The number of aryl methyl sites for hydroxylation is 1. The Hall–Kier alpha value is -3.70. The van der Waals surface area contributed by atoms with Crippen molar-refractivity contribution in [1.29, 1.82) is 5.26 Å². The normalized spacial score (nSPS) is 19.5. The summed E-state index contributed by atoms with van der Waals surface area (Å²) in [4.78, 5) is 10.8. The molecule has 2 aliphatic heterocycles. The number of nitriles is 1. The summed E-state index contributed by atoms with van der Waals surface area (Å²) < 4.78 is 5.77. The van der Waals surface area contributed by atoms with Crippen molar-refractivity contribution < 1.29 is 14.6 Å². The molecule has 0 saturated carbocycles. The quantitative estimate of drug-likeness (QED) is 0.580. The lowest BCUT2D eigenvalue weighted by Crippen LogP contribution is -2.36. The van der Waals surface area contributed by atoms with Crippen molar-refractivity contribution in [2.75, 3.05) is 23.4 Å². The first kappa shape index (κ1) is 22.5. The van der Waals surface area contributed by atoms with Crippen LogP contribution < -0.4 is 10.2 Å². The van der Waals surface area contributed by atoms with Crippen molar-refractivity contribution in [2.45, 2.75) is 45.4 Å². The number of carbonyl (C=O) groups is 1. The van der Waals surface area contributed by atoms with Gasteiger partial charge in [-0.05, 0) is 56.5 Å². The van der Waals surface area contributed by atoms with Crippen molar-refractivity contribution in [3.63, 3.8) is 0 Å². The van der Waals surface area contributed by atoms with Gasteiger partial charge in [-0.3, -0.25) is 4.79 Å². The molecule has 0 spiro atoms. The van der Waals surface area contributed by atoms with Crippen molar-refractivity contribution in [2.24, 2.45) is 0 Å². The molecular weight excluding hydrogens is 418 g/mol. The van der Waals surface area contributed by atoms with Gasteiger partial charge in [0.1, 0.15) is 0 Å². The number of ether oxygens (including phenoxy) is 1. The van der Waals surface area contributed by atoms with Crippen LogP contribution in [0.3, 0.4) is 0 Å². The number of anilines is 2. The SMILES string of the molecule is Cc1c(C#N)cccc1[C@@H](C)Nc1nnc(C)c2ccc(N3C[C@H]4C[C@@H]3CO4)cc12.O=CO. The van der Waals surface area contributed by atoms with Crippen LogP contribution in [0.4, 0.5) is 11.5 Å². The highest BCUT2D eigenvalue weighted by atomic mass is 16.5. The second-order valence-electron chi connectivity index (χ2n) is 8.46. The fourth-order valence-corrected chi connectivity index (χ4v) is 4.80. The van der Waals surface area contributed by atoms with Gasteiger partial charge in [0.2, 0.25) is 0 Å². The predicted octanol–water partition coefficient (Wildman–Crippen LogP) is 3.97. The van der Waals surface area contributed by atoms with E-state index in [0.717, 1.165) is 53.0 Å². The van der Waals surface area contributed by atoms with Gasteiger partial charge in [-0.15, -0.1) is 5.10 Å². The molecule has 2 N–H and O–H groups in total. The standard InChI is InChI=1S/C24H25N5O.CH2O2/c1-14-17(11-25)5-4-6-21(14)15(2)26-24-23-10-18(7-8-22(23)16(3)27-28-24)29-12-20-9-19(29)13-30-20;2-1-3/h4-8,10,15,19-20H,9,12-13H2,1-3H3,(H,26,28);1H,(H,2,3)/t15-,19-,20-;/m1./s1. The van der Waals surface area contributed by atoms with Gasteiger partial charge in [-0.2, -0.15) is 10.4 Å². The zero-order valence-electron chi connectivity index (χ0n) is 18.9. The number of morpholine rings is 1. The average Bonchev–Trinajstić information content (AvgIpc) is 3.45. The maximum atomic E-state index is 9.36. The smallest absolute Gasteiger partial charge is 0.290 e. The maximum Gasteiger partial charge on any atom is 0.290 e. The summed E-state index contributed by atoms with van der Waals surface area (Å²) in [5.74, 6) is 0.771. The molecule has 8 heteroatoms. The van der Waals surface area contributed by atoms with Gasteiger partial charge in [0.15, 0.2) is 5.82 Å². The number of rotatable bonds is 4. The van der Waals surface area contributed by atoms with Gasteiger partial charge in [-0.25, -0.2) is 0 Å². The first-order valence-electron chi connectivity index (χ1n) is 11.0. The van der Waals surface area contributed by atoms with E-state index in [1.807, 2.05) is 26.0 Å². The lowest BCUT2D eigenvalue weighted by Gasteiger charge is -2.29. The summed E-state index contributed by atoms with van der Waals surface area (Å²) in [6, 6.07) is 15.1. The molecule has 2 bridgehead atoms. The van der Waals surface area contributed by atoms with E-state index in [1.165, 1.54) is 5.69 Å². The van der Waals surface area contributed by atoms with E-state index in [2.05, 4.69) is 57.7 Å². The number of carboxylic acid groups (broad SMARTS) is 1. The molecule has 3 aromatic rings. The molecule has 0 unspecified atom stereocenters. The van der Waals surface area contributed by atoms with Gasteiger partial charge >= 0.3 is 0 Å². The Bertz CT molecular complexity index is 1220. The molecule has 2 fully saturated rings. The van der Waals surface area contributed by atoms with Crippen LogP contribution in [0, 0.1) is 25.2 Å². The van der Waals surface area contributed by atoms with Gasteiger partial charge in [0, 0.05) is 23.0 Å². The van der Waals surface area contributed by atoms with Crippen LogP contribution in [0.25, 0.3) is 10.8 Å². The maximum absolute atomic E-state index is 9.36. The van der Waals surface area contributed by atoms with Crippen LogP contribution in [0.15, 0.2) is 36.4 Å². The molecule has 0 aliphatic carbocycles. The van der Waals surface area contributed by atoms with Gasteiger partial charge < -0.3 is 20.1 Å². The van der Waals surface area contributed by atoms with Crippen LogP contribution in [0.5, 0.6) is 0 Å². The Morgan fingerprint density at radius 1 is 1.27 bits per heavy atom. The van der Waals surface area contributed by atoms with Crippen molar-refractivity contribution in [3.05, 3.63) is 58.8 Å². The highest BCUT2D eigenvalue weighted by Crippen LogP contribution is 2.36. The minimum absolute atomic E-state index is 0.00152. The number of fused-ring (bicyclic) bond motifs is 3. The third-order valence-corrected chi connectivity index (χ3v) is 6.50. The molecule has 33 heavy (non-hydrogen) atoms. The molecule has 8 nitrogen and oxygen atoms in total. The molecule has 2 aromatic carbocycles. The highest BCUT2D eigenvalue weighted by molar-refractivity contribution is 5.95. The van der Waals surface area contributed by atoms with E-state index >= 15 is 0 Å². The first-order valence-corrected chi connectivity index (χ1v) is 11.0. The van der Waals surface area contributed by atoms with Crippen molar-refractivity contribution >= 4 is 28.7 Å². The van der Waals surface area contributed by atoms with Crippen LogP contribution in [-0.4, -0.2) is 47.1 Å². The lowest BCUT2D eigenvalue weighted by molar-refractivity contribution is -0.122. The third kappa shape index (κ3) is 4.32. The van der Waals surface area contributed by atoms with Crippen LogP contribution in [0.1, 0.15) is 41.8 Å². The molecule has 2 saturated heterocycles. The summed E-state index contributed by atoms with van der Waals surface area (Å²) in [5.41, 5.74) is 4.93. The molecule has 170 valence electrons. The summed E-state index contributed by atoms with van der Waals surface area (Å²) in [5, 5.41) is 30.8. The zero-order chi connectivity index (χ0) is 23.5.